The van der Waals surface area contributed by atoms with E-state index in [0.717, 1.165) is 24.0 Å². The van der Waals surface area contributed by atoms with Crippen molar-refractivity contribution in [3.63, 3.8) is 0 Å². The van der Waals surface area contributed by atoms with Gasteiger partial charge in [-0.05, 0) is 33.1 Å². The minimum atomic E-state index is -0.0487. The first kappa shape index (κ1) is 17.4. The van der Waals surface area contributed by atoms with Crippen LogP contribution in [0.2, 0.25) is 0 Å². The molecule has 0 aliphatic rings. The van der Waals surface area contributed by atoms with Crippen LogP contribution in [0, 0.1) is 0 Å². The second-order valence-corrected chi connectivity index (χ2v) is 5.21. The first-order valence-corrected chi connectivity index (χ1v) is 7.57. The summed E-state index contributed by atoms with van der Waals surface area (Å²) in [5.41, 5.74) is 0. The normalized spacial score (nSPS) is 16.1. The Labute approximate surface area is 113 Å². The molecule has 0 saturated carbocycles. The SMILES string of the molecule is CCCC(=O)OCC[N+](CC)(CCC)C(C)CC. The standard InChI is InChI=1S/C15H32NO2/c1-6-10-15(17)18-13-12-16(9-4,11-7-2)14(5)8-3/h14H,6-13H2,1-5H3/q+1. The summed E-state index contributed by atoms with van der Waals surface area (Å²) >= 11 is 0. The highest BCUT2D eigenvalue weighted by molar-refractivity contribution is 5.69. The maximum Gasteiger partial charge on any atom is 0.305 e. The van der Waals surface area contributed by atoms with E-state index in [1.54, 1.807) is 0 Å². The fraction of sp³-hybridized carbons (Fsp3) is 0.933. The van der Waals surface area contributed by atoms with Crippen molar-refractivity contribution < 1.29 is 14.0 Å². The smallest absolute Gasteiger partial charge is 0.305 e. The molecule has 0 radical (unpaired) electrons. The summed E-state index contributed by atoms with van der Waals surface area (Å²) in [7, 11) is 0. The molecule has 108 valence electrons. The molecule has 0 aromatic rings. The largest absolute Gasteiger partial charge is 0.460 e. The van der Waals surface area contributed by atoms with E-state index < -0.39 is 0 Å². The number of likely N-dealkylation sites (N-methyl/N-ethyl adjacent to an activating group) is 1. The van der Waals surface area contributed by atoms with Gasteiger partial charge in [0.15, 0.2) is 0 Å². The highest BCUT2D eigenvalue weighted by Gasteiger charge is 2.30. The van der Waals surface area contributed by atoms with Gasteiger partial charge in [-0.15, -0.1) is 0 Å². The zero-order valence-corrected chi connectivity index (χ0v) is 13.0. The predicted molar refractivity (Wildman–Crippen MR) is 76.4 cm³/mol. The lowest BCUT2D eigenvalue weighted by Crippen LogP contribution is -2.56. The summed E-state index contributed by atoms with van der Waals surface area (Å²) in [6, 6.07) is 0.639. The van der Waals surface area contributed by atoms with Crippen molar-refractivity contribution in [3.8, 4) is 0 Å². The minimum Gasteiger partial charge on any atom is -0.460 e. The van der Waals surface area contributed by atoms with Gasteiger partial charge >= 0.3 is 5.97 Å². The van der Waals surface area contributed by atoms with E-state index in [-0.39, 0.29) is 5.97 Å². The molecule has 0 aliphatic heterocycles. The number of carbonyl (C=O) groups excluding carboxylic acids is 1. The quantitative estimate of drug-likeness (QED) is 0.443. The van der Waals surface area contributed by atoms with Gasteiger partial charge in [0.25, 0.3) is 0 Å². The van der Waals surface area contributed by atoms with Crippen molar-refractivity contribution in [1.29, 1.82) is 0 Å². The van der Waals surface area contributed by atoms with Crippen molar-refractivity contribution in [3.05, 3.63) is 0 Å². The van der Waals surface area contributed by atoms with Crippen LogP contribution in [0.1, 0.15) is 60.3 Å². The van der Waals surface area contributed by atoms with Gasteiger partial charge in [-0.2, -0.15) is 0 Å². The topological polar surface area (TPSA) is 26.3 Å². The van der Waals surface area contributed by atoms with E-state index in [4.69, 9.17) is 4.74 Å². The first-order chi connectivity index (χ1) is 8.56. The molecule has 0 saturated heterocycles. The molecule has 2 atom stereocenters. The van der Waals surface area contributed by atoms with Gasteiger partial charge in [0.2, 0.25) is 0 Å². The fourth-order valence-electron chi connectivity index (χ4n) is 2.63. The number of hydrogen-bond donors (Lipinski definition) is 0. The molecular formula is C15H32NO2+. The lowest BCUT2D eigenvalue weighted by molar-refractivity contribution is -0.948. The Hall–Kier alpha value is -0.570. The van der Waals surface area contributed by atoms with Gasteiger partial charge in [-0.25, -0.2) is 0 Å². The molecule has 18 heavy (non-hydrogen) atoms. The van der Waals surface area contributed by atoms with E-state index in [1.165, 1.54) is 19.4 Å². The summed E-state index contributed by atoms with van der Waals surface area (Å²) in [5.74, 6) is -0.0487. The fourth-order valence-corrected chi connectivity index (χ4v) is 2.63. The number of esters is 1. The molecular weight excluding hydrogens is 226 g/mol. The third-order valence-corrected chi connectivity index (χ3v) is 4.08. The molecule has 0 aliphatic carbocycles. The van der Waals surface area contributed by atoms with Crippen LogP contribution >= 0.6 is 0 Å². The molecule has 0 amide bonds. The van der Waals surface area contributed by atoms with Crippen LogP contribution in [-0.2, 0) is 9.53 Å². The second kappa shape index (κ2) is 9.37. The molecule has 0 N–H and O–H groups in total. The summed E-state index contributed by atoms with van der Waals surface area (Å²) < 4.78 is 6.40. The lowest BCUT2D eigenvalue weighted by atomic mass is 10.1. The Bertz CT molecular complexity index is 231. The summed E-state index contributed by atoms with van der Waals surface area (Å²) in [4.78, 5) is 11.4. The Morgan fingerprint density at radius 3 is 2.22 bits per heavy atom. The van der Waals surface area contributed by atoms with Crippen molar-refractivity contribution in [1.82, 2.24) is 0 Å². The van der Waals surface area contributed by atoms with Crippen LogP contribution in [0.15, 0.2) is 0 Å². The third-order valence-electron chi connectivity index (χ3n) is 4.08. The van der Waals surface area contributed by atoms with Crippen molar-refractivity contribution in [2.24, 2.45) is 0 Å². The number of quaternary nitrogens is 1. The van der Waals surface area contributed by atoms with Crippen LogP contribution in [0.5, 0.6) is 0 Å². The summed E-state index contributed by atoms with van der Waals surface area (Å²) in [6.45, 7) is 14.9. The van der Waals surface area contributed by atoms with E-state index in [9.17, 15) is 4.79 Å². The zero-order chi connectivity index (χ0) is 14.0. The molecule has 0 bridgehead atoms. The third kappa shape index (κ3) is 5.38. The second-order valence-electron chi connectivity index (χ2n) is 5.21. The maximum absolute atomic E-state index is 11.4. The van der Waals surface area contributed by atoms with Gasteiger partial charge in [-0.3, -0.25) is 4.79 Å². The van der Waals surface area contributed by atoms with Crippen molar-refractivity contribution in [2.75, 3.05) is 26.2 Å². The van der Waals surface area contributed by atoms with Gasteiger partial charge in [0.05, 0.1) is 19.1 Å². The molecule has 0 aromatic carbocycles. The molecule has 3 nitrogen and oxygen atoms in total. The predicted octanol–water partition coefficient (Wildman–Crippen LogP) is 3.37. The van der Waals surface area contributed by atoms with Crippen molar-refractivity contribution >= 4 is 5.97 Å². The Morgan fingerprint density at radius 2 is 1.78 bits per heavy atom. The number of ether oxygens (including phenoxy) is 1. The van der Waals surface area contributed by atoms with Crippen molar-refractivity contribution in [2.45, 2.75) is 66.3 Å². The average Bonchev–Trinajstić information content (AvgIpc) is 2.37. The van der Waals surface area contributed by atoms with Gasteiger partial charge in [0, 0.05) is 6.42 Å². The molecule has 0 rings (SSSR count). The van der Waals surface area contributed by atoms with E-state index in [0.29, 0.717) is 19.1 Å². The highest BCUT2D eigenvalue weighted by Crippen LogP contribution is 2.17. The molecule has 3 heteroatoms. The molecule has 0 fully saturated rings. The molecule has 2 unspecified atom stereocenters. The van der Waals surface area contributed by atoms with Gasteiger partial charge in [-0.1, -0.05) is 20.8 Å². The van der Waals surface area contributed by atoms with Crippen LogP contribution < -0.4 is 0 Å². The lowest BCUT2D eigenvalue weighted by Gasteiger charge is -2.42. The van der Waals surface area contributed by atoms with Crippen LogP contribution in [0.3, 0.4) is 0 Å². The average molecular weight is 258 g/mol. The Kier molecular flexibility index (Phi) is 9.08. The monoisotopic (exact) mass is 258 g/mol. The van der Waals surface area contributed by atoms with E-state index in [1.807, 2.05) is 6.92 Å². The van der Waals surface area contributed by atoms with Crippen LogP contribution in [0.4, 0.5) is 0 Å². The number of rotatable bonds is 10. The first-order valence-electron chi connectivity index (χ1n) is 7.57. The zero-order valence-electron chi connectivity index (χ0n) is 13.0. The number of hydrogen-bond acceptors (Lipinski definition) is 2. The summed E-state index contributed by atoms with van der Waals surface area (Å²) in [5, 5.41) is 0. The maximum atomic E-state index is 11.4. The number of nitrogens with zero attached hydrogens (tertiary/aromatic N) is 1. The Morgan fingerprint density at radius 1 is 1.11 bits per heavy atom. The highest BCUT2D eigenvalue weighted by atomic mass is 16.5. The number of carbonyl (C=O) groups is 1. The van der Waals surface area contributed by atoms with Crippen LogP contribution in [0.25, 0.3) is 0 Å². The van der Waals surface area contributed by atoms with E-state index in [2.05, 4.69) is 27.7 Å². The molecule has 0 spiro atoms. The van der Waals surface area contributed by atoms with Gasteiger partial charge < -0.3 is 9.22 Å². The van der Waals surface area contributed by atoms with E-state index >= 15 is 0 Å². The minimum absolute atomic E-state index is 0.0487. The Balaban J connectivity index is 4.36. The van der Waals surface area contributed by atoms with Crippen LogP contribution in [-0.4, -0.2) is 42.7 Å². The van der Waals surface area contributed by atoms with Gasteiger partial charge in [0.1, 0.15) is 13.2 Å². The molecule has 0 heterocycles. The summed E-state index contributed by atoms with van der Waals surface area (Å²) in [6.07, 6.45) is 3.77. The molecule has 0 aromatic heterocycles.